The maximum absolute atomic E-state index is 2.30. The van der Waals surface area contributed by atoms with Crippen molar-refractivity contribution in [3.8, 4) is 0 Å². The van der Waals surface area contributed by atoms with E-state index in [1.54, 1.807) is 0 Å². The summed E-state index contributed by atoms with van der Waals surface area (Å²) in [7, 11) is 2.14. The molecule has 10 heavy (non-hydrogen) atoms. The molecule has 0 aromatic carbocycles. The molecule has 1 aliphatic carbocycles. The van der Waals surface area contributed by atoms with E-state index in [0.717, 1.165) is 13.0 Å². The molecule has 0 N–H and O–H groups in total. The van der Waals surface area contributed by atoms with Crippen molar-refractivity contribution in [3.05, 3.63) is 23.4 Å². The van der Waals surface area contributed by atoms with Gasteiger partial charge in [0.15, 0.2) is 0 Å². The van der Waals surface area contributed by atoms with E-state index in [-0.39, 0.29) is 0 Å². The molecule has 1 nitrogen and oxygen atoms in total. The first kappa shape index (κ1) is 7.39. The quantitative estimate of drug-likeness (QED) is 0.564. The summed E-state index contributed by atoms with van der Waals surface area (Å²) in [6, 6.07) is 0. The van der Waals surface area contributed by atoms with Crippen molar-refractivity contribution in [1.82, 2.24) is 4.90 Å². The van der Waals surface area contributed by atoms with Crippen LogP contribution in [0.4, 0.5) is 0 Å². The first-order valence-corrected chi connectivity index (χ1v) is 3.83. The third-order valence-electron chi connectivity index (χ3n) is 2.07. The molecular formula is C9H15N. The molecule has 0 bridgehead atoms. The van der Waals surface area contributed by atoms with Crippen LogP contribution in [0.5, 0.6) is 0 Å². The predicted molar refractivity (Wildman–Crippen MR) is 44.8 cm³/mol. The average Bonchev–Trinajstić information content (AvgIpc) is 2.34. The second-order valence-electron chi connectivity index (χ2n) is 2.75. The molecule has 0 fully saturated rings. The summed E-state index contributed by atoms with van der Waals surface area (Å²) < 4.78 is 0. The van der Waals surface area contributed by atoms with Crippen molar-refractivity contribution in [2.24, 2.45) is 0 Å². The second-order valence-corrected chi connectivity index (χ2v) is 2.75. The van der Waals surface area contributed by atoms with Crippen LogP contribution in [0.1, 0.15) is 20.3 Å². The average molecular weight is 137 g/mol. The standard InChI is InChI=1S/C9H15N/c1-4-10(3)9-7-5-6-8(9)2/h5-6H,4,7H2,1-3H3. The van der Waals surface area contributed by atoms with Crippen LogP contribution >= 0.6 is 0 Å². The van der Waals surface area contributed by atoms with E-state index in [0.29, 0.717) is 0 Å². The van der Waals surface area contributed by atoms with E-state index < -0.39 is 0 Å². The third kappa shape index (κ3) is 1.23. The molecule has 0 atom stereocenters. The summed E-state index contributed by atoms with van der Waals surface area (Å²) in [5, 5.41) is 0. The van der Waals surface area contributed by atoms with Crippen molar-refractivity contribution in [1.29, 1.82) is 0 Å². The van der Waals surface area contributed by atoms with Gasteiger partial charge in [-0.1, -0.05) is 12.2 Å². The van der Waals surface area contributed by atoms with Crippen molar-refractivity contribution in [2.45, 2.75) is 20.3 Å². The fraction of sp³-hybridized carbons (Fsp3) is 0.556. The lowest BCUT2D eigenvalue weighted by molar-refractivity contribution is 0.432. The molecule has 1 rings (SSSR count). The molecular weight excluding hydrogens is 122 g/mol. The highest BCUT2D eigenvalue weighted by atomic mass is 15.1. The molecule has 0 radical (unpaired) electrons. The number of rotatable bonds is 2. The van der Waals surface area contributed by atoms with Gasteiger partial charge in [-0.15, -0.1) is 0 Å². The van der Waals surface area contributed by atoms with Crippen molar-refractivity contribution < 1.29 is 0 Å². The maximum Gasteiger partial charge on any atom is 0.0198 e. The molecule has 0 aromatic heterocycles. The highest BCUT2D eigenvalue weighted by Gasteiger charge is 2.07. The van der Waals surface area contributed by atoms with Crippen LogP contribution < -0.4 is 0 Å². The first-order valence-electron chi connectivity index (χ1n) is 3.83. The minimum atomic E-state index is 1.11. The Morgan fingerprint density at radius 2 is 2.30 bits per heavy atom. The Labute approximate surface area is 63.0 Å². The van der Waals surface area contributed by atoms with Crippen LogP contribution in [0, 0.1) is 0 Å². The van der Waals surface area contributed by atoms with E-state index in [9.17, 15) is 0 Å². The summed E-state index contributed by atoms with van der Waals surface area (Å²) in [6.07, 6.45) is 5.54. The monoisotopic (exact) mass is 137 g/mol. The zero-order valence-corrected chi connectivity index (χ0v) is 7.02. The smallest absolute Gasteiger partial charge is 0.0198 e. The molecule has 56 valence electrons. The lowest BCUT2D eigenvalue weighted by Gasteiger charge is -2.19. The summed E-state index contributed by atoms with van der Waals surface area (Å²) in [4.78, 5) is 2.30. The van der Waals surface area contributed by atoms with Crippen LogP contribution in [0.15, 0.2) is 23.4 Å². The largest absolute Gasteiger partial charge is 0.378 e. The van der Waals surface area contributed by atoms with Gasteiger partial charge in [-0.3, -0.25) is 0 Å². The van der Waals surface area contributed by atoms with Crippen molar-refractivity contribution >= 4 is 0 Å². The summed E-state index contributed by atoms with van der Waals surface area (Å²) >= 11 is 0. The van der Waals surface area contributed by atoms with Crippen LogP contribution in [0.3, 0.4) is 0 Å². The lowest BCUT2D eigenvalue weighted by atomic mass is 10.2. The van der Waals surface area contributed by atoms with E-state index in [2.05, 4.69) is 37.9 Å². The molecule has 1 aliphatic rings. The minimum absolute atomic E-state index is 1.11. The molecule has 1 heteroatoms. The van der Waals surface area contributed by atoms with E-state index in [1.165, 1.54) is 11.3 Å². The molecule has 0 aromatic rings. The second kappa shape index (κ2) is 2.91. The number of allylic oxidation sites excluding steroid dienone is 3. The van der Waals surface area contributed by atoms with Crippen LogP contribution in [-0.2, 0) is 0 Å². The molecule has 0 heterocycles. The van der Waals surface area contributed by atoms with Gasteiger partial charge in [-0.05, 0) is 19.4 Å². The van der Waals surface area contributed by atoms with Gasteiger partial charge in [0.1, 0.15) is 0 Å². The van der Waals surface area contributed by atoms with E-state index in [1.807, 2.05) is 0 Å². The zero-order chi connectivity index (χ0) is 7.56. The fourth-order valence-corrected chi connectivity index (χ4v) is 1.25. The number of hydrogen-bond acceptors (Lipinski definition) is 1. The molecule has 0 amide bonds. The van der Waals surface area contributed by atoms with Gasteiger partial charge in [0.05, 0.1) is 0 Å². The summed E-state index contributed by atoms with van der Waals surface area (Å²) in [5.74, 6) is 0. The predicted octanol–water partition coefficient (Wildman–Crippen LogP) is 2.17. The fourth-order valence-electron chi connectivity index (χ4n) is 1.25. The molecule has 0 spiro atoms. The SMILES string of the molecule is CCN(C)C1=C(C)C=CC1. The highest BCUT2D eigenvalue weighted by Crippen LogP contribution is 2.20. The highest BCUT2D eigenvalue weighted by molar-refractivity contribution is 5.30. The Morgan fingerprint density at radius 3 is 2.70 bits per heavy atom. The Balaban J connectivity index is 2.66. The van der Waals surface area contributed by atoms with Gasteiger partial charge >= 0.3 is 0 Å². The summed E-state index contributed by atoms with van der Waals surface area (Å²) in [5.41, 5.74) is 2.90. The number of nitrogens with zero attached hydrogens (tertiary/aromatic N) is 1. The van der Waals surface area contributed by atoms with Crippen molar-refractivity contribution in [2.75, 3.05) is 13.6 Å². The molecule has 0 saturated carbocycles. The van der Waals surface area contributed by atoms with E-state index >= 15 is 0 Å². The van der Waals surface area contributed by atoms with Crippen LogP contribution in [0.25, 0.3) is 0 Å². The van der Waals surface area contributed by atoms with Crippen LogP contribution in [-0.4, -0.2) is 18.5 Å². The third-order valence-corrected chi connectivity index (χ3v) is 2.07. The Kier molecular flexibility index (Phi) is 2.15. The minimum Gasteiger partial charge on any atom is -0.378 e. The Bertz CT molecular complexity index is 177. The van der Waals surface area contributed by atoms with Gasteiger partial charge in [0.2, 0.25) is 0 Å². The van der Waals surface area contributed by atoms with Gasteiger partial charge < -0.3 is 4.90 Å². The van der Waals surface area contributed by atoms with Gasteiger partial charge in [0, 0.05) is 25.7 Å². The van der Waals surface area contributed by atoms with Gasteiger partial charge in [-0.2, -0.15) is 0 Å². The van der Waals surface area contributed by atoms with Crippen molar-refractivity contribution in [3.63, 3.8) is 0 Å². The molecule has 0 saturated heterocycles. The van der Waals surface area contributed by atoms with Crippen LogP contribution in [0.2, 0.25) is 0 Å². The van der Waals surface area contributed by atoms with Gasteiger partial charge in [0.25, 0.3) is 0 Å². The normalized spacial score (nSPS) is 16.7. The molecule has 0 unspecified atom stereocenters. The first-order chi connectivity index (χ1) is 4.75. The zero-order valence-electron chi connectivity index (χ0n) is 7.02. The lowest BCUT2D eigenvalue weighted by Crippen LogP contribution is -2.16. The number of hydrogen-bond donors (Lipinski definition) is 0. The summed E-state index contributed by atoms with van der Waals surface area (Å²) in [6.45, 7) is 5.46. The van der Waals surface area contributed by atoms with E-state index in [4.69, 9.17) is 0 Å². The Morgan fingerprint density at radius 1 is 1.60 bits per heavy atom. The van der Waals surface area contributed by atoms with Gasteiger partial charge in [-0.25, -0.2) is 0 Å². The maximum atomic E-state index is 2.30. The Hall–Kier alpha value is -0.720. The molecule has 0 aliphatic heterocycles. The topological polar surface area (TPSA) is 3.24 Å².